The number of nitrogens with zero attached hydrogens (tertiary/aromatic N) is 1. The van der Waals surface area contributed by atoms with Crippen LogP contribution in [0.3, 0.4) is 0 Å². The Hall–Kier alpha value is -1.03. The smallest absolute Gasteiger partial charge is 0.164 e. The van der Waals surface area contributed by atoms with Crippen LogP contribution in [0.4, 0.5) is 5.82 Å². The number of ketones is 1. The molecular formula is C10H14N2OS. The number of aromatic nitrogens is 1. The summed E-state index contributed by atoms with van der Waals surface area (Å²) in [5, 5.41) is 3.08. The molecule has 0 spiro atoms. The Morgan fingerprint density at radius 3 is 2.86 bits per heavy atom. The van der Waals surface area contributed by atoms with Gasteiger partial charge in [-0.05, 0) is 12.1 Å². The van der Waals surface area contributed by atoms with Crippen LogP contribution in [0, 0.1) is 0 Å². The van der Waals surface area contributed by atoms with Crippen molar-refractivity contribution in [3.63, 3.8) is 0 Å². The van der Waals surface area contributed by atoms with Crippen LogP contribution in [0.1, 0.15) is 23.7 Å². The zero-order chi connectivity index (χ0) is 10.4. The highest BCUT2D eigenvalue weighted by molar-refractivity contribution is 7.80. The summed E-state index contributed by atoms with van der Waals surface area (Å²) in [6, 6.07) is 3.60. The minimum atomic E-state index is 0.123. The second-order valence-electron chi connectivity index (χ2n) is 2.86. The van der Waals surface area contributed by atoms with Crippen LogP contribution < -0.4 is 5.32 Å². The van der Waals surface area contributed by atoms with Gasteiger partial charge in [-0.25, -0.2) is 4.98 Å². The number of anilines is 1. The first kappa shape index (κ1) is 11.0. The third-order valence-electron chi connectivity index (χ3n) is 1.82. The second-order valence-corrected chi connectivity index (χ2v) is 3.31. The molecule has 1 aromatic heterocycles. The fraction of sp³-hybridized carbons (Fsp3) is 0.400. The molecule has 0 aromatic carbocycles. The maximum atomic E-state index is 11.3. The molecule has 14 heavy (non-hydrogen) atoms. The van der Waals surface area contributed by atoms with Crippen molar-refractivity contribution in [1.82, 2.24) is 4.98 Å². The summed E-state index contributed by atoms with van der Waals surface area (Å²) < 4.78 is 0. The molecule has 0 aliphatic rings. The maximum absolute atomic E-state index is 11.3. The summed E-state index contributed by atoms with van der Waals surface area (Å²) in [6.07, 6.45) is 2.12. The number of carbonyl (C=O) groups excluding carboxylic acids is 1. The summed E-state index contributed by atoms with van der Waals surface area (Å²) in [5.41, 5.74) is 0.670. The van der Waals surface area contributed by atoms with E-state index < -0.39 is 0 Å². The molecule has 4 heteroatoms. The third-order valence-corrected chi connectivity index (χ3v) is 2.05. The summed E-state index contributed by atoms with van der Waals surface area (Å²) in [6.45, 7) is 2.62. The molecule has 0 amide bonds. The Labute approximate surface area is 89.3 Å². The molecule has 0 radical (unpaired) electrons. The van der Waals surface area contributed by atoms with Gasteiger partial charge in [0.2, 0.25) is 0 Å². The van der Waals surface area contributed by atoms with Crippen molar-refractivity contribution in [1.29, 1.82) is 0 Å². The zero-order valence-corrected chi connectivity index (χ0v) is 9.05. The Morgan fingerprint density at radius 2 is 2.36 bits per heavy atom. The Bertz CT molecular complexity index is 297. The summed E-state index contributed by atoms with van der Waals surface area (Å²) in [4.78, 5) is 15.4. The Morgan fingerprint density at radius 1 is 1.57 bits per heavy atom. The molecule has 1 aromatic rings. The molecule has 0 saturated heterocycles. The molecule has 0 atom stereocenters. The molecule has 0 bridgehead atoms. The number of thiol groups is 1. The minimum Gasteiger partial charge on any atom is -0.369 e. The van der Waals surface area contributed by atoms with E-state index in [9.17, 15) is 4.79 Å². The van der Waals surface area contributed by atoms with E-state index in [1.54, 1.807) is 12.3 Å². The average Bonchev–Trinajstić information content (AvgIpc) is 2.26. The van der Waals surface area contributed by atoms with Crippen LogP contribution in [0.5, 0.6) is 0 Å². The van der Waals surface area contributed by atoms with Gasteiger partial charge in [0.1, 0.15) is 5.82 Å². The first-order valence-corrected chi connectivity index (χ1v) is 5.25. The van der Waals surface area contributed by atoms with Crippen LogP contribution in [-0.2, 0) is 0 Å². The third kappa shape index (κ3) is 3.03. The molecule has 1 rings (SSSR count). The van der Waals surface area contributed by atoms with Gasteiger partial charge < -0.3 is 5.32 Å². The van der Waals surface area contributed by atoms with Crippen LogP contribution in [-0.4, -0.2) is 23.1 Å². The van der Waals surface area contributed by atoms with E-state index in [0.717, 1.165) is 18.1 Å². The lowest BCUT2D eigenvalue weighted by Crippen LogP contribution is -2.05. The highest BCUT2D eigenvalue weighted by Crippen LogP contribution is 2.06. The van der Waals surface area contributed by atoms with Gasteiger partial charge in [0.05, 0.1) is 0 Å². The van der Waals surface area contributed by atoms with E-state index in [0.29, 0.717) is 12.0 Å². The number of pyridine rings is 1. The van der Waals surface area contributed by atoms with Crippen LogP contribution in [0.2, 0.25) is 0 Å². The van der Waals surface area contributed by atoms with Gasteiger partial charge in [0.25, 0.3) is 0 Å². The van der Waals surface area contributed by atoms with Gasteiger partial charge >= 0.3 is 0 Å². The van der Waals surface area contributed by atoms with E-state index >= 15 is 0 Å². The number of Topliss-reactive ketones (excluding diaryl/α,β-unsaturated/α-hetero) is 1. The minimum absolute atomic E-state index is 0.123. The van der Waals surface area contributed by atoms with Crippen molar-refractivity contribution >= 4 is 24.2 Å². The van der Waals surface area contributed by atoms with Crippen molar-refractivity contribution in [3.8, 4) is 0 Å². The van der Waals surface area contributed by atoms with Gasteiger partial charge in [-0.1, -0.05) is 6.92 Å². The topological polar surface area (TPSA) is 42.0 Å². The largest absolute Gasteiger partial charge is 0.369 e. The number of nitrogens with one attached hydrogen (secondary N) is 1. The van der Waals surface area contributed by atoms with E-state index in [2.05, 4.69) is 22.9 Å². The Kier molecular flexibility index (Phi) is 4.46. The predicted octanol–water partition coefficient (Wildman–Crippen LogP) is 2.02. The fourth-order valence-electron chi connectivity index (χ4n) is 1.05. The summed E-state index contributed by atoms with van der Waals surface area (Å²) in [7, 11) is 0. The van der Waals surface area contributed by atoms with Crippen molar-refractivity contribution in [2.45, 2.75) is 13.3 Å². The number of hydrogen-bond donors (Lipinski definition) is 2. The van der Waals surface area contributed by atoms with Gasteiger partial charge in [-0.3, -0.25) is 4.79 Å². The van der Waals surface area contributed by atoms with E-state index in [4.69, 9.17) is 0 Å². The summed E-state index contributed by atoms with van der Waals surface area (Å²) in [5.74, 6) is 1.67. The Balaban J connectivity index is 2.63. The van der Waals surface area contributed by atoms with Crippen LogP contribution >= 0.6 is 12.6 Å². The molecule has 0 saturated carbocycles. The second kappa shape index (κ2) is 5.65. The lowest BCUT2D eigenvalue weighted by atomic mass is 10.1. The van der Waals surface area contributed by atoms with Gasteiger partial charge in [-0.2, -0.15) is 12.6 Å². The normalized spacial score (nSPS) is 9.86. The molecule has 0 aliphatic heterocycles. The van der Waals surface area contributed by atoms with Gasteiger partial charge in [0.15, 0.2) is 5.78 Å². The molecule has 0 unspecified atom stereocenters. The lowest BCUT2D eigenvalue weighted by molar-refractivity contribution is 0.0988. The molecule has 76 valence electrons. The first-order chi connectivity index (χ1) is 6.77. The van der Waals surface area contributed by atoms with Gasteiger partial charge in [0, 0.05) is 30.5 Å². The van der Waals surface area contributed by atoms with Gasteiger partial charge in [-0.15, -0.1) is 0 Å². The molecule has 1 heterocycles. The zero-order valence-electron chi connectivity index (χ0n) is 8.16. The van der Waals surface area contributed by atoms with Crippen LogP contribution in [0.25, 0.3) is 0 Å². The monoisotopic (exact) mass is 210 g/mol. The van der Waals surface area contributed by atoms with Crippen molar-refractivity contribution in [2.75, 3.05) is 17.6 Å². The van der Waals surface area contributed by atoms with Crippen LogP contribution in [0.15, 0.2) is 18.3 Å². The van der Waals surface area contributed by atoms with E-state index in [1.165, 1.54) is 0 Å². The fourth-order valence-corrected chi connectivity index (χ4v) is 1.16. The van der Waals surface area contributed by atoms with Crippen molar-refractivity contribution in [3.05, 3.63) is 23.9 Å². The van der Waals surface area contributed by atoms with E-state index in [1.807, 2.05) is 13.0 Å². The number of carbonyl (C=O) groups is 1. The molecule has 3 nitrogen and oxygen atoms in total. The van der Waals surface area contributed by atoms with Crippen molar-refractivity contribution in [2.24, 2.45) is 0 Å². The molecule has 0 fully saturated rings. The number of rotatable bonds is 5. The first-order valence-electron chi connectivity index (χ1n) is 4.62. The SMILES string of the molecule is CCC(=O)c1ccc(NCCS)nc1. The quantitative estimate of drug-likeness (QED) is 0.577. The highest BCUT2D eigenvalue weighted by Gasteiger charge is 2.02. The molecular weight excluding hydrogens is 196 g/mol. The molecule has 0 aliphatic carbocycles. The standard InChI is InChI=1S/C10H14N2OS/c1-2-9(13)8-3-4-10(12-7-8)11-5-6-14/h3-4,7,14H,2,5-6H2,1H3,(H,11,12). The lowest BCUT2D eigenvalue weighted by Gasteiger charge is -2.03. The number of hydrogen-bond acceptors (Lipinski definition) is 4. The summed E-state index contributed by atoms with van der Waals surface area (Å²) >= 11 is 4.07. The van der Waals surface area contributed by atoms with E-state index in [-0.39, 0.29) is 5.78 Å². The average molecular weight is 210 g/mol. The highest BCUT2D eigenvalue weighted by atomic mass is 32.1. The van der Waals surface area contributed by atoms with Crippen molar-refractivity contribution < 1.29 is 4.79 Å². The molecule has 1 N–H and O–H groups in total. The maximum Gasteiger partial charge on any atom is 0.164 e. The predicted molar refractivity (Wildman–Crippen MR) is 61.2 cm³/mol.